The van der Waals surface area contributed by atoms with Crippen LogP contribution in [-0.2, 0) is 24.3 Å². The van der Waals surface area contributed by atoms with Crippen LogP contribution in [0.1, 0.15) is 5.56 Å². The number of anilines is 1. The van der Waals surface area contributed by atoms with Crippen LogP contribution in [0.25, 0.3) is 21.3 Å². The predicted octanol–water partition coefficient (Wildman–Crippen LogP) is 3.05. The maximum absolute atomic E-state index is 13.3. The highest BCUT2D eigenvalue weighted by molar-refractivity contribution is 7.22. The zero-order valence-corrected chi connectivity index (χ0v) is 18.3. The molecule has 0 fully saturated rings. The average Bonchev–Trinajstić information content (AvgIpc) is 3.24. The molecule has 0 atom stereocenters. The highest BCUT2D eigenvalue weighted by Gasteiger charge is 2.17. The van der Waals surface area contributed by atoms with E-state index >= 15 is 0 Å². The molecule has 0 aliphatic rings. The van der Waals surface area contributed by atoms with Gasteiger partial charge in [-0.1, -0.05) is 53.8 Å². The van der Waals surface area contributed by atoms with E-state index in [1.807, 2.05) is 54.6 Å². The summed E-state index contributed by atoms with van der Waals surface area (Å²) >= 11 is 1.36. The Morgan fingerprint density at radius 2 is 1.73 bits per heavy atom. The number of hydrogen-bond donors (Lipinski definition) is 1. The molecule has 5 rings (SSSR count). The van der Waals surface area contributed by atoms with E-state index in [1.165, 1.54) is 22.1 Å². The van der Waals surface area contributed by atoms with E-state index < -0.39 is 17.2 Å². The van der Waals surface area contributed by atoms with Gasteiger partial charge in [0, 0.05) is 12.7 Å². The van der Waals surface area contributed by atoms with Gasteiger partial charge in [-0.2, -0.15) is 0 Å². The molecule has 0 unspecified atom stereocenters. The Bertz CT molecular complexity index is 1550. The summed E-state index contributed by atoms with van der Waals surface area (Å²) in [7, 11) is 0. The van der Waals surface area contributed by atoms with Crippen molar-refractivity contribution in [1.29, 1.82) is 0 Å². The number of aryl methyl sites for hydroxylation is 1. The van der Waals surface area contributed by atoms with Gasteiger partial charge in [0.1, 0.15) is 6.54 Å². The minimum absolute atomic E-state index is 0.151. The fourth-order valence-electron chi connectivity index (χ4n) is 3.71. The van der Waals surface area contributed by atoms with E-state index in [2.05, 4.69) is 15.3 Å². The first-order chi connectivity index (χ1) is 16.1. The molecule has 0 radical (unpaired) electrons. The number of carbonyl (C=O) groups excluding carboxylic acids is 1. The number of amides is 1. The van der Waals surface area contributed by atoms with Crippen LogP contribution in [0.4, 0.5) is 5.13 Å². The van der Waals surface area contributed by atoms with Crippen molar-refractivity contribution in [2.75, 3.05) is 5.32 Å². The molecule has 3 heterocycles. The summed E-state index contributed by atoms with van der Waals surface area (Å²) < 4.78 is 3.39. The number of thiazole rings is 1. The molecule has 8 nitrogen and oxygen atoms in total. The second-order valence-corrected chi connectivity index (χ2v) is 8.50. The molecular formula is C24H19N5O3S. The third-order valence-corrected chi connectivity index (χ3v) is 6.25. The summed E-state index contributed by atoms with van der Waals surface area (Å²) in [6.07, 6.45) is 2.01. The number of carbonyl (C=O) groups is 1. The zero-order chi connectivity index (χ0) is 22.8. The van der Waals surface area contributed by atoms with Gasteiger partial charge in [0.25, 0.3) is 5.56 Å². The molecule has 0 saturated heterocycles. The third kappa shape index (κ3) is 4.18. The molecule has 2 aromatic carbocycles. The lowest BCUT2D eigenvalue weighted by atomic mass is 10.1. The predicted molar refractivity (Wildman–Crippen MR) is 129 cm³/mol. The van der Waals surface area contributed by atoms with E-state index in [0.717, 1.165) is 20.3 Å². The van der Waals surface area contributed by atoms with Crippen molar-refractivity contribution in [2.45, 2.75) is 19.5 Å². The quantitative estimate of drug-likeness (QED) is 0.423. The number of nitrogens with zero attached hydrogens (tertiary/aromatic N) is 4. The first-order valence-electron chi connectivity index (χ1n) is 10.4. The maximum Gasteiger partial charge on any atom is 0.332 e. The highest BCUT2D eigenvalue weighted by Crippen LogP contribution is 2.25. The number of rotatable bonds is 6. The molecule has 3 aromatic heterocycles. The molecule has 33 heavy (non-hydrogen) atoms. The van der Waals surface area contributed by atoms with Crippen LogP contribution in [0.15, 0.2) is 82.5 Å². The van der Waals surface area contributed by atoms with Crippen molar-refractivity contribution in [1.82, 2.24) is 19.1 Å². The standard InChI is InChI=1S/C24H19N5O3S/c30-20(27-23-26-17-9-4-5-11-19(17)33-23)15-29-18-10-6-13-25-21(18)22(31)28(24(29)32)14-12-16-7-2-1-3-8-16/h1-11,13H,12,14-15H2,(H,26,27,30). The van der Waals surface area contributed by atoms with Crippen LogP contribution in [-0.4, -0.2) is 25.0 Å². The number of aromatic nitrogens is 4. The molecule has 1 N–H and O–H groups in total. The largest absolute Gasteiger partial charge is 0.332 e. The van der Waals surface area contributed by atoms with Gasteiger partial charge in [0.2, 0.25) is 5.91 Å². The lowest BCUT2D eigenvalue weighted by Gasteiger charge is -2.13. The van der Waals surface area contributed by atoms with Gasteiger partial charge in [-0.15, -0.1) is 0 Å². The fraction of sp³-hybridized carbons (Fsp3) is 0.125. The summed E-state index contributed by atoms with van der Waals surface area (Å²) in [6, 6.07) is 20.4. The Balaban J connectivity index is 1.47. The Labute approximate surface area is 191 Å². The summed E-state index contributed by atoms with van der Waals surface area (Å²) in [5.74, 6) is -0.408. The molecule has 9 heteroatoms. The number of para-hydroxylation sites is 1. The Morgan fingerprint density at radius 3 is 2.55 bits per heavy atom. The Kier molecular flexibility index (Phi) is 5.54. The van der Waals surface area contributed by atoms with Gasteiger partial charge in [-0.25, -0.2) is 14.8 Å². The monoisotopic (exact) mass is 457 g/mol. The van der Waals surface area contributed by atoms with E-state index in [-0.39, 0.29) is 18.6 Å². The summed E-state index contributed by atoms with van der Waals surface area (Å²) in [4.78, 5) is 47.6. The van der Waals surface area contributed by atoms with Crippen LogP contribution >= 0.6 is 11.3 Å². The van der Waals surface area contributed by atoms with Crippen LogP contribution in [0.5, 0.6) is 0 Å². The second kappa shape index (κ2) is 8.79. The number of nitrogens with one attached hydrogen (secondary N) is 1. The molecule has 0 saturated carbocycles. The Morgan fingerprint density at radius 1 is 0.939 bits per heavy atom. The SMILES string of the molecule is O=C(Cn1c(=O)n(CCc2ccccc2)c(=O)c2ncccc21)Nc1nc2ccccc2s1. The van der Waals surface area contributed by atoms with Crippen molar-refractivity contribution >= 4 is 43.6 Å². The second-order valence-electron chi connectivity index (χ2n) is 7.47. The number of hydrogen-bond acceptors (Lipinski definition) is 6. The first-order valence-corrected chi connectivity index (χ1v) is 11.2. The lowest BCUT2D eigenvalue weighted by Crippen LogP contribution is -2.42. The van der Waals surface area contributed by atoms with Crippen molar-refractivity contribution in [3.63, 3.8) is 0 Å². The fourth-order valence-corrected chi connectivity index (χ4v) is 4.59. The molecule has 0 spiro atoms. The van der Waals surface area contributed by atoms with Gasteiger partial charge >= 0.3 is 5.69 Å². The van der Waals surface area contributed by atoms with Gasteiger partial charge in [-0.3, -0.25) is 18.7 Å². The highest BCUT2D eigenvalue weighted by atomic mass is 32.1. The molecule has 0 bridgehead atoms. The molecule has 1 amide bonds. The van der Waals surface area contributed by atoms with Crippen molar-refractivity contribution in [3.8, 4) is 0 Å². The number of benzene rings is 2. The molecule has 164 valence electrons. The summed E-state index contributed by atoms with van der Waals surface area (Å²) in [5.41, 5.74) is 1.26. The maximum atomic E-state index is 13.3. The van der Waals surface area contributed by atoms with Crippen LogP contribution < -0.4 is 16.6 Å². The van der Waals surface area contributed by atoms with Crippen molar-refractivity contribution < 1.29 is 4.79 Å². The smallest absolute Gasteiger partial charge is 0.300 e. The van der Waals surface area contributed by atoms with E-state index in [4.69, 9.17) is 0 Å². The van der Waals surface area contributed by atoms with Gasteiger partial charge in [-0.05, 0) is 36.2 Å². The molecule has 0 aliphatic carbocycles. The average molecular weight is 458 g/mol. The first kappa shape index (κ1) is 20.8. The van der Waals surface area contributed by atoms with E-state index in [1.54, 1.807) is 12.1 Å². The minimum Gasteiger partial charge on any atom is -0.300 e. The van der Waals surface area contributed by atoms with E-state index in [0.29, 0.717) is 17.1 Å². The minimum atomic E-state index is -0.545. The normalized spacial score (nSPS) is 11.2. The summed E-state index contributed by atoms with van der Waals surface area (Å²) in [5, 5.41) is 3.22. The summed E-state index contributed by atoms with van der Waals surface area (Å²) in [6.45, 7) is -0.0732. The molecule has 5 aromatic rings. The van der Waals surface area contributed by atoms with Crippen molar-refractivity contribution in [3.05, 3.63) is 99.3 Å². The van der Waals surface area contributed by atoms with Crippen LogP contribution in [0.2, 0.25) is 0 Å². The molecular weight excluding hydrogens is 438 g/mol. The van der Waals surface area contributed by atoms with Gasteiger partial charge in [0.05, 0.1) is 15.7 Å². The molecule has 0 aliphatic heterocycles. The zero-order valence-electron chi connectivity index (χ0n) is 17.5. The Hall–Kier alpha value is -4.11. The topological polar surface area (TPSA) is 98.9 Å². The lowest BCUT2D eigenvalue weighted by molar-refractivity contribution is -0.116. The number of pyridine rings is 1. The van der Waals surface area contributed by atoms with Crippen LogP contribution in [0.3, 0.4) is 0 Å². The van der Waals surface area contributed by atoms with E-state index in [9.17, 15) is 14.4 Å². The van der Waals surface area contributed by atoms with Gasteiger partial charge < -0.3 is 5.32 Å². The third-order valence-electron chi connectivity index (χ3n) is 5.30. The number of fused-ring (bicyclic) bond motifs is 2. The van der Waals surface area contributed by atoms with Crippen LogP contribution in [0, 0.1) is 0 Å². The van der Waals surface area contributed by atoms with Gasteiger partial charge in [0.15, 0.2) is 10.6 Å². The van der Waals surface area contributed by atoms with Crippen molar-refractivity contribution in [2.24, 2.45) is 0 Å².